The number of nitrogens with zero attached hydrogens (tertiary/aromatic N) is 2. The summed E-state index contributed by atoms with van der Waals surface area (Å²) in [5.74, 6) is 0.750. The number of hydrogen-bond acceptors (Lipinski definition) is 11. The highest BCUT2D eigenvalue weighted by atomic mass is 32.1. The minimum Gasteiger partial charge on any atom is -0.496 e. The molecule has 10 nitrogen and oxygen atoms in total. The fourth-order valence-corrected chi connectivity index (χ4v) is 5.81. The number of benzene rings is 2. The number of fused-ring (bicyclic) bond motifs is 2. The summed E-state index contributed by atoms with van der Waals surface area (Å²) in [4.78, 5) is 6.74. The van der Waals surface area contributed by atoms with Crippen LogP contribution in [0.15, 0.2) is 54.7 Å². The highest BCUT2D eigenvalue weighted by Crippen LogP contribution is 2.40. The standard InChI is InChI=1S/C16H18O4.C12H14N2O4S/c1-19-14-7-11-5-3-2-4-10(11)6-12(14)15-8-13(18)16(9-17)20-15;1-6-11-7(13-5-19-11)2-3-14(6)12-10(17)9(16)8(4-15)18-12/h2-7,13,15-18H,8-9H2,1H3;2-3,5,8-10,12,15-17H,1,4H2/t13?,15-,16-;8-,9?,10+,12-/m11/s1. The molecule has 0 saturated carbocycles. The van der Waals surface area contributed by atoms with E-state index in [0.29, 0.717) is 12.1 Å². The van der Waals surface area contributed by atoms with Crippen molar-refractivity contribution in [2.75, 3.05) is 20.3 Å². The molecule has 0 amide bonds. The van der Waals surface area contributed by atoms with Crippen LogP contribution in [0.3, 0.4) is 0 Å². The molecule has 6 rings (SSSR count). The van der Waals surface area contributed by atoms with E-state index in [1.54, 1.807) is 29.8 Å². The maximum Gasteiger partial charge on any atom is 0.163 e. The van der Waals surface area contributed by atoms with Gasteiger partial charge in [-0.1, -0.05) is 30.8 Å². The van der Waals surface area contributed by atoms with E-state index in [9.17, 15) is 20.4 Å². The molecule has 2 saturated heterocycles. The molecule has 3 aliphatic heterocycles. The summed E-state index contributed by atoms with van der Waals surface area (Å²) in [5, 5.41) is 50.1. The molecule has 2 aromatic carbocycles. The van der Waals surface area contributed by atoms with E-state index in [1.807, 2.05) is 36.4 Å². The molecule has 4 heterocycles. The molecule has 0 radical (unpaired) electrons. The SMILES string of the molecule is C=C1c2scnc2C=CN1[C@@H]1O[C@H](CO)C(O)[C@@H]1O.COc1cc2ccccc2cc1[C@H]1CC(O)[C@@H](CO)O1. The molecule has 0 bridgehead atoms. The Labute approximate surface area is 229 Å². The number of methoxy groups -OCH3 is 1. The van der Waals surface area contributed by atoms with Gasteiger partial charge in [-0.3, -0.25) is 0 Å². The van der Waals surface area contributed by atoms with Crippen LogP contribution in [0.25, 0.3) is 22.5 Å². The average molecular weight is 557 g/mol. The highest BCUT2D eigenvalue weighted by Gasteiger charge is 2.46. The van der Waals surface area contributed by atoms with Gasteiger partial charge in [-0.15, -0.1) is 11.3 Å². The molecule has 3 aliphatic rings. The second-order valence-electron chi connectivity index (χ2n) is 9.56. The first-order chi connectivity index (χ1) is 18.9. The summed E-state index contributed by atoms with van der Waals surface area (Å²) in [5.41, 5.74) is 4.13. The van der Waals surface area contributed by atoms with Crippen LogP contribution in [0.5, 0.6) is 5.75 Å². The summed E-state index contributed by atoms with van der Waals surface area (Å²) in [6.45, 7) is 3.46. The van der Waals surface area contributed by atoms with Crippen molar-refractivity contribution >= 4 is 33.9 Å². The van der Waals surface area contributed by atoms with Crippen molar-refractivity contribution in [2.45, 2.75) is 49.3 Å². The lowest BCUT2D eigenvalue weighted by Crippen LogP contribution is -2.41. The van der Waals surface area contributed by atoms with Crippen LogP contribution in [-0.2, 0) is 9.47 Å². The lowest BCUT2D eigenvalue weighted by Gasteiger charge is -2.32. The topological polar surface area (TPSA) is 145 Å². The normalized spacial score (nSPS) is 29.8. The van der Waals surface area contributed by atoms with Gasteiger partial charge < -0.3 is 44.6 Å². The summed E-state index contributed by atoms with van der Waals surface area (Å²) in [7, 11) is 1.63. The number of thiazole rings is 1. The van der Waals surface area contributed by atoms with Gasteiger partial charge in [0.15, 0.2) is 6.23 Å². The van der Waals surface area contributed by atoms with Crippen molar-refractivity contribution in [1.82, 2.24) is 9.88 Å². The van der Waals surface area contributed by atoms with Gasteiger partial charge >= 0.3 is 0 Å². The number of hydrogen-bond donors (Lipinski definition) is 5. The molecule has 11 heteroatoms. The molecule has 2 unspecified atom stereocenters. The van der Waals surface area contributed by atoms with Crippen molar-refractivity contribution in [2.24, 2.45) is 0 Å². The molecule has 7 atom stereocenters. The van der Waals surface area contributed by atoms with Crippen molar-refractivity contribution in [3.63, 3.8) is 0 Å². The molecule has 208 valence electrons. The third-order valence-corrected chi connectivity index (χ3v) is 8.09. The van der Waals surface area contributed by atoms with Gasteiger partial charge in [0.1, 0.15) is 30.2 Å². The maximum atomic E-state index is 10.0. The van der Waals surface area contributed by atoms with E-state index in [4.69, 9.17) is 19.3 Å². The van der Waals surface area contributed by atoms with Crippen LogP contribution in [0, 0.1) is 0 Å². The van der Waals surface area contributed by atoms with Crippen LogP contribution in [0.1, 0.15) is 28.7 Å². The Hall–Kier alpha value is -2.87. The monoisotopic (exact) mass is 556 g/mol. The number of ether oxygens (including phenoxy) is 3. The molecule has 0 spiro atoms. The van der Waals surface area contributed by atoms with Gasteiger partial charge in [-0.2, -0.15) is 0 Å². The quantitative estimate of drug-likeness (QED) is 0.316. The van der Waals surface area contributed by atoms with Gasteiger partial charge in [-0.25, -0.2) is 4.98 Å². The van der Waals surface area contributed by atoms with Gasteiger partial charge in [0.2, 0.25) is 0 Å². The Bertz CT molecular complexity index is 1350. The maximum absolute atomic E-state index is 10.0. The molecule has 39 heavy (non-hydrogen) atoms. The zero-order valence-electron chi connectivity index (χ0n) is 21.3. The van der Waals surface area contributed by atoms with Gasteiger partial charge in [-0.05, 0) is 29.0 Å². The molecule has 1 aromatic heterocycles. The summed E-state index contributed by atoms with van der Waals surface area (Å²) < 4.78 is 16.7. The van der Waals surface area contributed by atoms with Crippen molar-refractivity contribution in [3.05, 3.63) is 70.8 Å². The molecular formula is C28H32N2O8S. The summed E-state index contributed by atoms with van der Waals surface area (Å²) in [6.07, 6.45) is -1.18. The van der Waals surface area contributed by atoms with Crippen LogP contribution in [0.4, 0.5) is 0 Å². The minimum absolute atomic E-state index is 0.173. The van der Waals surface area contributed by atoms with E-state index >= 15 is 0 Å². The van der Waals surface area contributed by atoms with E-state index in [1.165, 1.54) is 11.3 Å². The van der Waals surface area contributed by atoms with Crippen molar-refractivity contribution in [1.29, 1.82) is 0 Å². The molecule has 2 fully saturated rings. The number of aliphatic hydroxyl groups is 5. The highest BCUT2D eigenvalue weighted by molar-refractivity contribution is 7.11. The molecule has 5 N–H and O–H groups in total. The summed E-state index contributed by atoms with van der Waals surface area (Å²) in [6, 6.07) is 12.0. The van der Waals surface area contributed by atoms with Gasteiger partial charge in [0.25, 0.3) is 0 Å². The molecule has 3 aromatic rings. The largest absolute Gasteiger partial charge is 0.496 e. The number of aliphatic hydroxyl groups excluding tert-OH is 5. The Morgan fingerprint density at radius 3 is 2.41 bits per heavy atom. The van der Waals surface area contributed by atoms with Crippen molar-refractivity contribution < 1.29 is 39.7 Å². The average Bonchev–Trinajstić information content (AvgIpc) is 3.66. The number of aromatic nitrogens is 1. The van der Waals surface area contributed by atoms with Crippen LogP contribution in [0.2, 0.25) is 0 Å². The zero-order valence-corrected chi connectivity index (χ0v) is 22.1. The smallest absolute Gasteiger partial charge is 0.163 e. The van der Waals surface area contributed by atoms with Crippen molar-refractivity contribution in [3.8, 4) is 5.75 Å². The first kappa shape index (κ1) is 27.7. The summed E-state index contributed by atoms with van der Waals surface area (Å²) >= 11 is 1.45. The Kier molecular flexibility index (Phi) is 8.31. The van der Waals surface area contributed by atoms with Gasteiger partial charge in [0.05, 0.1) is 54.3 Å². The molecule has 0 aliphatic carbocycles. The van der Waals surface area contributed by atoms with Gasteiger partial charge in [0, 0.05) is 18.2 Å². The second kappa shape index (κ2) is 11.7. The molecular weight excluding hydrogens is 524 g/mol. The lowest BCUT2D eigenvalue weighted by molar-refractivity contribution is -0.0613. The predicted molar refractivity (Wildman–Crippen MR) is 146 cm³/mol. The zero-order chi connectivity index (χ0) is 27.7. The minimum atomic E-state index is -1.11. The van der Waals surface area contributed by atoms with E-state index < -0.39 is 36.7 Å². The lowest BCUT2D eigenvalue weighted by atomic mass is 9.99. The first-order valence-corrected chi connectivity index (χ1v) is 13.5. The third-order valence-electron chi connectivity index (χ3n) is 7.20. The van der Waals surface area contributed by atoms with Crippen LogP contribution >= 0.6 is 11.3 Å². The van der Waals surface area contributed by atoms with Crippen LogP contribution in [-0.4, -0.2) is 92.5 Å². The second-order valence-corrected chi connectivity index (χ2v) is 10.4. The Balaban J connectivity index is 0.000000158. The number of rotatable bonds is 5. The van der Waals surface area contributed by atoms with E-state index in [-0.39, 0.29) is 19.3 Å². The first-order valence-electron chi connectivity index (χ1n) is 12.6. The fraction of sp³-hybridized carbons (Fsp3) is 0.393. The fourth-order valence-electron chi connectivity index (χ4n) is 5.05. The van der Waals surface area contributed by atoms with E-state index in [0.717, 1.165) is 32.7 Å². The third kappa shape index (κ3) is 5.32. The van der Waals surface area contributed by atoms with Crippen LogP contribution < -0.4 is 4.74 Å². The predicted octanol–water partition coefficient (Wildman–Crippen LogP) is 1.87. The van der Waals surface area contributed by atoms with E-state index in [2.05, 4.69) is 11.6 Å². The Morgan fingerprint density at radius 2 is 1.77 bits per heavy atom. The Morgan fingerprint density at radius 1 is 1.05 bits per heavy atom.